The van der Waals surface area contributed by atoms with Crippen molar-refractivity contribution < 1.29 is 14.2 Å². The number of halogens is 1. The van der Waals surface area contributed by atoms with Crippen LogP contribution in [0.2, 0.25) is 0 Å². The van der Waals surface area contributed by atoms with Crippen LogP contribution in [-0.2, 0) is 4.74 Å². The van der Waals surface area contributed by atoms with Gasteiger partial charge in [-0.1, -0.05) is 0 Å². The molecule has 2 aliphatic heterocycles. The van der Waals surface area contributed by atoms with Crippen LogP contribution < -0.4 is 5.32 Å². The molecule has 2 aliphatic rings. The SMILES string of the molecule is CO[C@@H]1C[C@]2(C)NC1C/C(=C\c1ncc(-c3ccc(-n4ccnc4)cc3O)nn1)[C@@H]2F. The number of aromatic nitrogens is 5. The summed E-state index contributed by atoms with van der Waals surface area (Å²) >= 11 is 0. The van der Waals surface area contributed by atoms with Crippen molar-refractivity contribution >= 4 is 6.08 Å². The number of alkyl halides is 1. The Kier molecular flexibility index (Phi) is 4.79. The number of benzene rings is 1. The normalized spacial score (nSPS) is 28.9. The fourth-order valence-corrected chi connectivity index (χ4v) is 4.59. The first-order valence-electron chi connectivity index (χ1n) is 10.1. The van der Waals surface area contributed by atoms with Gasteiger partial charge in [0.25, 0.3) is 0 Å². The van der Waals surface area contributed by atoms with Crippen LogP contribution >= 0.6 is 0 Å². The van der Waals surface area contributed by atoms with E-state index in [2.05, 4.69) is 25.5 Å². The van der Waals surface area contributed by atoms with Crippen molar-refractivity contribution in [3.63, 3.8) is 0 Å². The summed E-state index contributed by atoms with van der Waals surface area (Å²) in [6.07, 6.45) is 8.32. The molecule has 2 saturated heterocycles. The lowest BCUT2D eigenvalue weighted by Gasteiger charge is -2.36. The topological polar surface area (TPSA) is 98.0 Å². The molecule has 2 fully saturated rings. The Morgan fingerprint density at radius 3 is 2.90 bits per heavy atom. The largest absolute Gasteiger partial charge is 0.507 e. The number of imidazole rings is 1. The molecule has 1 aromatic carbocycles. The lowest BCUT2D eigenvalue weighted by Crippen LogP contribution is -2.53. The van der Waals surface area contributed by atoms with Crippen molar-refractivity contribution in [1.82, 2.24) is 30.0 Å². The van der Waals surface area contributed by atoms with Gasteiger partial charge in [-0.15, -0.1) is 10.2 Å². The number of nitrogens with one attached hydrogen (secondary N) is 1. The number of fused-ring (bicyclic) bond motifs is 2. The molecule has 4 atom stereocenters. The molecule has 8 nitrogen and oxygen atoms in total. The number of hydrogen-bond acceptors (Lipinski definition) is 7. The molecule has 1 unspecified atom stereocenters. The van der Waals surface area contributed by atoms with E-state index in [1.54, 1.807) is 48.6 Å². The zero-order valence-electron chi connectivity index (χ0n) is 17.2. The smallest absolute Gasteiger partial charge is 0.174 e. The predicted octanol–water partition coefficient (Wildman–Crippen LogP) is 2.69. The highest BCUT2D eigenvalue weighted by atomic mass is 19.1. The first kappa shape index (κ1) is 19.8. The third-order valence-electron chi connectivity index (χ3n) is 6.19. The molecule has 9 heteroatoms. The summed E-state index contributed by atoms with van der Waals surface area (Å²) in [6, 6.07) is 5.30. The average molecular weight is 422 g/mol. The van der Waals surface area contributed by atoms with Gasteiger partial charge in [0.1, 0.15) is 17.6 Å². The van der Waals surface area contributed by atoms with Crippen LogP contribution in [0.15, 0.2) is 48.7 Å². The van der Waals surface area contributed by atoms with Crippen LogP contribution in [0.3, 0.4) is 0 Å². The molecule has 160 valence electrons. The Labute approximate surface area is 178 Å². The fourth-order valence-electron chi connectivity index (χ4n) is 4.59. The van der Waals surface area contributed by atoms with Crippen molar-refractivity contribution in [3.8, 4) is 22.7 Å². The van der Waals surface area contributed by atoms with Gasteiger partial charge in [-0.05, 0) is 43.5 Å². The maximum Gasteiger partial charge on any atom is 0.174 e. The third-order valence-corrected chi connectivity index (χ3v) is 6.19. The van der Waals surface area contributed by atoms with Crippen molar-refractivity contribution in [3.05, 3.63) is 54.5 Å². The monoisotopic (exact) mass is 422 g/mol. The van der Waals surface area contributed by atoms with Gasteiger partial charge in [0, 0.05) is 37.2 Å². The molecular weight excluding hydrogens is 399 g/mol. The van der Waals surface area contributed by atoms with Crippen LogP contribution in [0.5, 0.6) is 5.75 Å². The van der Waals surface area contributed by atoms with Gasteiger partial charge in [0.2, 0.25) is 0 Å². The van der Waals surface area contributed by atoms with Crippen LogP contribution in [0.1, 0.15) is 25.6 Å². The fraction of sp³-hybridized carbons (Fsp3) is 0.364. The molecule has 3 aromatic rings. The van der Waals surface area contributed by atoms with Crippen molar-refractivity contribution in [2.75, 3.05) is 7.11 Å². The first-order chi connectivity index (χ1) is 15.0. The quantitative estimate of drug-likeness (QED) is 0.667. The molecule has 0 aliphatic carbocycles. The Hall–Kier alpha value is -3.17. The first-order valence-corrected chi connectivity index (χ1v) is 10.1. The number of piperidine rings is 1. The maximum absolute atomic E-state index is 15.2. The van der Waals surface area contributed by atoms with E-state index in [0.29, 0.717) is 35.5 Å². The van der Waals surface area contributed by atoms with E-state index in [-0.39, 0.29) is 17.9 Å². The molecule has 0 spiro atoms. The molecule has 2 N–H and O–H groups in total. The molecule has 2 bridgehead atoms. The number of phenols is 1. The Morgan fingerprint density at radius 1 is 1.35 bits per heavy atom. The van der Waals surface area contributed by atoms with Crippen molar-refractivity contribution in [1.29, 1.82) is 0 Å². The summed E-state index contributed by atoms with van der Waals surface area (Å²) in [7, 11) is 1.66. The van der Waals surface area contributed by atoms with E-state index in [1.165, 1.54) is 6.20 Å². The van der Waals surface area contributed by atoms with E-state index >= 15 is 4.39 Å². The van der Waals surface area contributed by atoms with Gasteiger partial charge >= 0.3 is 0 Å². The number of aromatic hydroxyl groups is 1. The van der Waals surface area contributed by atoms with Gasteiger partial charge < -0.3 is 19.7 Å². The van der Waals surface area contributed by atoms with Crippen LogP contribution in [0.4, 0.5) is 4.39 Å². The summed E-state index contributed by atoms with van der Waals surface area (Å²) in [5.41, 5.74) is 1.73. The standard InChI is InChI=1S/C22H23FN6O2/c1-22-10-19(31-2)16(26-22)7-13(21(22)23)8-20-25-11-17(27-28-20)15-4-3-14(9-18(15)30)29-6-5-24-12-29/h3-6,8-9,11-12,16,19,21,26,30H,7,10H2,1-2H3/b13-8+/t16?,19-,21+,22+/m1/s1. The highest BCUT2D eigenvalue weighted by molar-refractivity contribution is 5.68. The Morgan fingerprint density at radius 2 is 2.23 bits per heavy atom. The number of rotatable bonds is 4. The van der Waals surface area contributed by atoms with Gasteiger partial charge in [-0.25, -0.2) is 14.4 Å². The summed E-state index contributed by atoms with van der Waals surface area (Å²) in [5.74, 6) is 0.403. The number of phenolic OH excluding ortho intramolecular Hbond substituents is 1. The molecular formula is C22H23FN6O2. The molecule has 0 amide bonds. The molecule has 0 saturated carbocycles. The van der Waals surface area contributed by atoms with Crippen LogP contribution in [-0.4, -0.2) is 60.8 Å². The van der Waals surface area contributed by atoms with E-state index in [4.69, 9.17) is 4.74 Å². The van der Waals surface area contributed by atoms with Crippen molar-refractivity contribution in [2.24, 2.45) is 0 Å². The predicted molar refractivity (Wildman–Crippen MR) is 112 cm³/mol. The molecule has 31 heavy (non-hydrogen) atoms. The summed E-state index contributed by atoms with van der Waals surface area (Å²) < 4.78 is 22.5. The van der Waals surface area contributed by atoms with E-state index < -0.39 is 11.7 Å². The summed E-state index contributed by atoms with van der Waals surface area (Å²) in [4.78, 5) is 8.34. The van der Waals surface area contributed by atoms with E-state index in [9.17, 15) is 5.11 Å². The second-order valence-electron chi connectivity index (χ2n) is 8.31. The number of ether oxygens (including phenoxy) is 1. The molecule has 5 rings (SSSR count). The van der Waals surface area contributed by atoms with E-state index in [0.717, 1.165) is 5.69 Å². The van der Waals surface area contributed by atoms with E-state index in [1.807, 2.05) is 13.0 Å². The molecule has 4 heterocycles. The lowest BCUT2D eigenvalue weighted by atomic mass is 9.86. The second-order valence-corrected chi connectivity index (χ2v) is 8.31. The lowest BCUT2D eigenvalue weighted by molar-refractivity contribution is 0.0915. The number of methoxy groups -OCH3 is 1. The van der Waals surface area contributed by atoms with Gasteiger partial charge in [0.15, 0.2) is 5.82 Å². The Bertz CT molecular complexity index is 1120. The second kappa shape index (κ2) is 7.51. The van der Waals surface area contributed by atoms with Gasteiger partial charge in [-0.2, -0.15) is 0 Å². The minimum atomic E-state index is -1.15. The number of hydrogen-bond donors (Lipinski definition) is 2. The van der Waals surface area contributed by atoms with Crippen LogP contribution in [0, 0.1) is 0 Å². The zero-order chi connectivity index (χ0) is 21.6. The minimum absolute atomic E-state index is 0.0103. The van der Waals surface area contributed by atoms with Gasteiger partial charge in [-0.3, -0.25) is 0 Å². The highest BCUT2D eigenvalue weighted by Gasteiger charge is 2.52. The summed E-state index contributed by atoms with van der Waals surface area (Å²) in [6.45, 7) is 1.88. The van der Waals surface area contributed by atoms with Gasteiger partial charge in [0.05, 0.1) is 29.9 Å². The summed E-state index contributed by atoms with van der Waals surface area (Å²) in [5, 5.41) is 22.1. The highest BCUT2D eigenvalue weighted by Crippen LogP contribution is 2.42. The maximum atomic E-state index is 15.2. The van der Waals surface area contributed by atoms with Crippen LogP contribution in [0.25, 0.3) is 23.0 Å². The molecule has 2 aromatic heterocycles. The zero-order valence-corrected chi connectivity index (χ0v) is 17.2. The average Bonchev–Trinajstić information content (AvgIpc) is 3.40. The molecule has 0 radical (unpaired) electrons. The van der Waals surface area contributed by atoms with Crippen molar-refractivity contribution in [2.45, 2.75) is 43.6 Å². The Balaban J connectivity index is 1.38. The third kappa shape index (κ3) is 3.49. The number of nitrogens with zero attached hydrogens (tertiary/aromatic N) is 5. The minimum Gasteiger partial charge on any atom is -0.507 e.